The van der Waals surface area contributed by atoms with E-state index in [0.717, 1.165) is 18.9 Å². The summed E-state index contributed by atoms with van der Waals surface area (Å²) in [6.45, 7) is 9.38. The van der Waals surface area contributed by atoms with E-state index in [-0.39, 0.29) is 0 Å². The van der Waals surface area contributed by atoms with Gasteiger partial charge >= 0.3 is 0 Å². The number of rotatable bonds is 5. The second-order valence-corrected chi connectivity index (χ2v) is 5.87. The van der Waals surface area contributed by atoms with E-state index in [1.807, 2.05) is 17.9 Å². The second-order valence-electron chi connectivity index (χ2n) is 5.87. The third-order valence-corrected chi connectivity index (χ3v) is 4.32. The fourth-order valence-corrected chi connectivity index (χ4v) is 2.78. The van der Waals surface area contributed by atoms with Crippen molar-refractivity contribution < 1.29 is 0 Å². The zero-order valence-corrected chi connectivity index (χ0v) is 12.6. The molecule has 1 fully saturated rings. The Kier molecular flexibility index (Phi) is 5.40. The Hall–Kier alpha value is -0.870. The minimum absolute atomic E-state index is 0.654. The molecule has 1 N–H and O–H groups in total. The number of aromatic nitrogens is 2. The molecule has 0 saturated carbocycles. The third-order valence-electron chi connectivity index (χ3n) is 4.32. The lowest BCUT2D eigenvalue weighted by Gasteiger charge is -2.27. The molecule has 108 valence electrons. The van der Waals surface area contributed by atoms with Gasteiger partial charge in [0.2, 0.25) is 0 Å². The topological polar surface area (TPSA) is 33.1 Å². The Balaban J connectivity index is 1.84. The van der Waals surface area contributed by atoms with E-state index in [1.165, 1.54) is 38.0 Å². The van der Waals surface area contributed by atoms with Gasteiger partial charge in [0.25, 0.3) is 0 Å². The van der Waals surface area contributed by atoms with Crippen LogP contribution in [0.15, 0.2) is 12.4 Å². The van der Waals surface area contributed by atoms with Crippen LogP contribution in [0.1, 0.15) is 32.3 Å². The molecule has 1 aromatic heterocycles. The fourth-order valence-electron chi connectivity index (χ4n) is 2.78. The maximum Gasteiger partial charge on any atom is 0.0522 e. The van der Waals surface area contributed by atoms with Crippen molar-refractivity contribution in [3.63, 3.8) is 0 Å². The first-order valence-electron chi connectivity index (χ1n) is 7.62. The Labute approximate surface area is 117 Å². The summed E-state index contributed by atoms with van der Waals surface area (Å²) in [4.78, 5) is 2.61. The van der Waals surface area contributed by atoms with Gasteiger partial charge in [0.05, 0.1) is 6.20 Å². The highest BCUT2D eigenvalue weighted by Gasteiger charge is 2.21. The zero-order valence-electron chi connectivity index (χ0n) is 12.6. The van der Waals surface area contributed by atoms with Gasteiger partial charge in [-0.25, -0.2) is 0 Å². The van der Waals surface area contributed by atoms with Crippen molar-refractivity contribution in [2.45, 2.75) is 39.2 Å². The van der Waals surface area contributed by atoms with Gasteiger partial charge in [-0.3, -0.25) is 4.68 Å². The van der Waals surface area contributed by atoms with Crippen LogP contribution in [-0.2, 0) is 13.5 Å². The molecule has 4 heteroatoms. The number of hydrogen-bond donors (Lipinski definition) is 1. The molecular formula is C15H28N4. The maximum absolute atomic E-state index is 4.24. The van der Waals surface area contributed by atoms with Gasteiger partial charge < -0.3 is 10.2 Å². The minimum Gasteiger partial charge on any atom is -0.312 e. The molecular weight excluding hydrogens is 236 g/mol. The zero-order chi connectivity index (χ0) is 13.7. The van der Waals surface area contributed by atoms with Gasteiger partial charge in [0, 0.05) is 32.4 Å². The van der Waals surface area contributed by atoms with Crippen LogP contribution in [0, 0.1) is 5.92 Å². The first-order valence-corrected chi connectivity index (χ1v) is 7.62. The van der Waals surface area contributed by atoms with Crippen LogP contribution in [0.4, 0.5) is 0 Å². The fraction of sp³-hybridized carbons (Fsp3) is 0.800. The quantitative estimate of drug-likeness (QED) is 0.878. The molecule has 1 aliphatic heterocycles. The predicted molar refractivity (Wildman–Crippen MR) is 79.2 cm³/mol. The molecule has 2 atom stereocenters. The molecule has 0 amide bonds. The van der Waals surface area contributed by atoms with Crippen molar-refractivity contribution in [1.82, 2.24) is 20.0 Å². The smallest absolute Gasteiger partial charge is 0.0522 e. The lowest BCUT2D eigenvalue weighted by Crippen LogP contribution is -2.42. The highest BCUT2D eigenvalue weighted by atomic mass is 15.2. The van der Waals surface area contributed by atoms with Crippen molar-refractivity contribution in [2.24, 2.45) is 13.0 Å². The summed E-state index contributed by atoms with van der Waals surface area (Å²) >= 11 is 0. The molecule has 4 nitrogen and oxygen atoms in total. The normalized spacial score (nSPS) is 23.2. The Morgan fingerprint density at radius 2 is 2.37 bits per heavy atom. The van der Waals surface area contributed by atoms with Crippen LogP contribution in [0.5, 0.6) is 0 Å². The molecule has 2 unspecified atom stereocenters. The molecule has 1 saturated heterocycles. The van der Waals surface area contributed by atoms with Gasteiger partial charge in [-0.15, -0.1) is 0 Å². The molecule has 19 heavy (non-hydrogen) atoms. The third kappa shape index (κ3) is 4.32. The molecule has 2 rings (SSSR count). The van der Waals surface area contributed by atoms with Crippen LogP contribution in [-0.4, -0.2) is 46.9 Å². The van der Waals surface area contributed by atoms with E-state index in [0.29, 0.717) is 6.04 Å². The number of nitrogens with one attached hydrogen (secondary N) is 1. The monoisotopic (exact) mass is 264 g/mol. The largest absolute Gasteiger partial charge is 0.312 e. The van der Waals surface area contributed by atoms with Crippen LogP contribution in [0.3, 0.4) is 0 Å². The van der Waals surface area contributed by atoms with E-state index in [4.69, 9.17) is 0 Å². The molecule has 0 radical (unpaired) electrons. The van der Waals surface area contributed by atoms with Gasteiger partial charge in [-0.2, -0.15) is 5.10 Å². The lowest BCUT2D eigenvalue weighted by molar-refractivity contribution is 0.240. The summed E-state index contributed by atoms with van der Waals surface area (Å²) in [6, 6.07) is 0.654. The van der Waals surface area contributed by atoms with Crippen LogP contribution >= 0.6 is 0 Å². The first kappa shape index (κ1) is 14.5. The number of nitrogens with zero attached hydrogens (tertiary/aromatic N) is 3. The summed E-state index contributed by atoms with van der Waals surface area (Å²) in [7, 11) is 1.98. The van der Waals surface area contributed by atoms with Gasteiger partial charge in [0.1, 0.15) is 0 Å². The van der Waals surface area contributed by atoms with E-state index in [9.17, 15) is 0 Å². The van der Waals surface area contributed by atoms with Crippen LogP contribution in [0.2, 0.25) is 0 Å². The van der Waals surface area contributed by atoms with Crippen molar-refractivity contribution in [2.75, 3.05) is 26.2 Å². The highest BCUT2D eigenvalue weighted by molar-refractivity contribution is 5.04. The summed E-state index contributed by atoms with van der Waals surface area (Å²) in [5, 5.41) is 7.95. The van der Waals surface area contributed by atoms with E-state index < -0.39 is 0 Å². The number of hydrogen-bond acceptors (Lipinski definition) is 3. The Bertz CT molecular complexity index is 374. The standard InChI is InChI=1S/C15H28N4/c1-4-13(2)15-12-19(8-5-7-16-15)9-6-14-10-17-18(3)11-14/h10-11,13,15-16H,4-9,12H2,1-3H3. The highest BCUT2D eigenvalue weighted by Crippen LogP contribution is 2.13. The second kappa shape index (κ2) is 7.06. The molecule has 0 aliphatic carbocycles. The van der Waals surface area contributed by atoms with E-state index >= 15 is 0 Å². The first-order chi connectivity index (χ1) is 9.19. The molecule has 0 bridgehead atoms. The molecule has 0 spiro atoms. The predicted octanol–water partition coefficient (Wildman–Crippen LogP) is 1.67. The molecule has 1 aromatic rings. The summed E-state index contributed by atoms with van der Waals surface area (Å²) < 4.78 is 1.89. The maximum atomic E-state index is 4.24. The van der Waals surface area contributed by atoms with Gasteiger partial charge in [-0.05, 0) is 37.4 Å². The van der Waals surface area contributed by atoms with Crippen molar-refractivity contribution in [3.8, 4) is 0 Å². The summed E-state index contributed by atoms with van der Waals surface area (Å²) in [5.41, 5.74) is 1.35. The summed E-state index contributed by atoms with van der Waals surface area (Å²) in [6.07, 6.45) is 7.75. The Morgan fingerprint density at radius 1 is 1.53 bits per heavy atom. The van der Waals surface area contributed by atoms with E-state index in [1.54, 1.807) is 0 Å². The average Bonchev–Trinajstić information content (AvgIpc) is 2.69. The van der Waals surface area contributed by atoms with Gasteiger partial charge in [-0.1, -0.05) is 20.3 Å². The van der Waals surface area contributed by atoms with Crippen molar-refractivity contribution in [3.05, 3.63) is 18.0 Å². The van der Waals surface area contributed by atoms with Crippen LogP contribution in [0.25, 0.3) is 0 Å². The Morgan fingerprint density at radius 3 is 3.05 bits per heavy atom. The van der Waals surface area contributed by atoms with E-state index in [2.05, 4.69) is 35.4 Å². The van der Waals surface area contributed by atoms with Crippen LogP contribution < -0.4 is 5.32 Å². The number of aryl methyl sites for hydroxylation is 1. The average molecular weight is 264 g/mol. The molecule has 2 heterocycles. The van der Waals surface area contributed by atoms with Crippen molar-refractivity contribution >= 4 is 0 Å². The van der Waals surface area contributed by atoms with Gasteiger partial charge in [0.15, 0.2) is 0 Å². The molecule has 1 aliphatic rings. The molecule has 0 aromatic carbocycles. The lowest BCUT2D eigenvalue weighted by atomic mass is 9.99. The summed E-state index contributed by atoms with van der Waals surface area (Å²) in [5.74, 6) is 0.763. The minimum atomic E-state index is 0.654. The van der Waals surface area contributed by atoms with Crippen molar-refractivity contribution in [1.29, 1.82) is 0 Å². The SMILES string of the molecule is CCC(C)C1CN(CCc2cnn(C)c2)CCCN1.